The smallest absolute Gasteiger partial charge is 0.285 e. The van der Waals surface area contributed by atoms with Gasteiger partial charge in [0.1, 0.15) is 22.2 Å². The van der Waals surface area contributed by atoms with E-state index in [0.717, 1.165) is 11.3 Å². The van der Waals surface area contributed by atoms with Gasteiger partial charge < -0.3 is 19.7 Å². The van der Waals surface area contributed by atoms with E-state index in [-0.39, 0.29) is 16.7 Å². The van der Waals surface area contributed by atoms with E-state index in [4.69, 9.17) is 9.47 Å². The van der Waals surface area contributed by atoms with Gasteiger partial charge in [0, 0.05) is 31.1 Å². The van der Waals surface area contributed by atoms with Crippen LogP contribution in [0, 0.1) is 5.92 Å². The summed E-state index contributed by atoms with van der Waals surface area (Å²) in [5.41, 5.74) is 2.19. The monoisotopic (exact) mass is 483 g/mol. The second kappa shape index (κ2) is 9.89. The fourth-order valence-corrected chi connectivity index (χ4v) is 5.88. The Hall–Kier alpha value is -3.33. The maximum Gasteiger partial charge on any atom is 0.285 e. The zero-order chi connectivity index (χ0) is 24.3. The van der Waals surface area contributed by atoms with Gasteiger partial charge in [-0.25, -0.2) is 0 Å². The highest BCUT2D eigenvalue weighted by Crippen LogP contribution is 2.35. The summed E-state index contributed by atoms with van der Waals surface area (Å²) in [6.45, 7) is 3.36. The molecule has 1 fully saturated rings. The summed E-state index contributed by atoms with van der Waals surface area (Å²) >= 11 is 0. The first-order valence-corrected chi connectivity index (χ1v) is 12.6. The van der Waals surface area contributed by atoms with Crippen molar-refractivity contribution in [1.29, 1.82) is 0 Å². The number of ether oxygens (including phenoxy) is 2. The molecule has 8 nitrogen and oxygen atoms in total. The van der Waals surface area contributed by atoms with Crippen molar-refractivity contribution in [2.24, 2.45) is 10.3 Å². The van der Waals surface area contributed by atoms with Crippen LogP contribution in [0.1, 0.15) is 30.9 Å². The molecule has 1 amide bonds. The number of likely N-dealkylation sites (tertiary alicyclic amines) is 1. The zero-order valence-corrected chi connectivity index (χ0v) is 20.4. The fourth-order valence-electron chi connectivity index (χ4n) is 4.40. The van der Waals surface area contributed by atoms with Gasteiger partial charge in [-0.15, -0.1) is 4.40 Å². The van der Waals surface area contributed by atoms with E-state index in [0.29, 0.717) is 55.2 Å². The minimum absolute atomic E-state index is 0.00892. The first-order valence-electron chi connectivity index (χ1n) is 11.2. The normalized spacial score (nSPS) is 18.0. The number of amidine groups is 1. The molecule has 2 heterocycles. The number of carbonyl (C=O) groups is 1. The van der Waals surface area contributed by atoms with Gasteiger partial charge in [0.2, 0.25) is 5.91 Å². The number of hydrogen-bond donors (Lipinski definition) is 1. The minimum atomic E-state index is -3.79. The highest BCUT2D eigenvalue weighted by atomic mass is 32.2. The molecule has 4 rings (SSSR count). The Kier molecular flexibility index (Phi) is 6.92. The lowest BCUT2D eigenvalue weighted by atomic mass is 9.95. The van der Waals surface area contributed by atoms with Crippen LogP contribution in [0.3, 0.4) is 0 Å². The molecule has 2 aromatic carbocycles. The Morgan fingerprint density at radius 3 is 2.38 bits per heavy atom. The Morgan fingerprint density at radius 1 is 1.06 bits per heavy atom. The van der Waals surface area contributed by atoms with E-state index < -0.39 is 10.0 Å². The van der Waals surface area contributed by atoms with Crippen molar-refractivity contribution >= 4 is 26.7 Å². The molecule has 0 saturated carbocycles. The summed E-state index contributed by atoms with van der Waals surface area (Å²) in [5, 5.41) is 3.01. The average molecular weight is 484 g/mol. The van der Waals surface area contributed by atoms with Crippen LogP contribution in [0.25, 0.3) is 4.91 Å². The van der Waals surface area contributed by atoms with Gasteiger partial charge in [-0.1, -0.05) is 12.1 Å². The van der Waals surface area contributed by atoms with Crippen LogP contribution in [0.4, 0.5) is 0 Å². The van der Waals surface area contributed by atoms with Gasteiger partial charge in [0.25, 0.3) is 10.0 Å². The molecule has 1 N–H and O–H groups in total. The van der Waals surface area contributed by atoms with Gasteiger partial charge in [0.05, 0.1) is 14.2 Å². The highest BCUT2D eigenvalue weighted by molar-refractivity contribution is 8.00. The number of piperidine rings is 1. The van der Waals surface area contributed by atoms with E-state index in [1.807, 2.05) is 29.2 Å². The van der Waals surface area contributed by atoms with E-state index in [1.54, 1.807) is 45.4 Å². The summed E-state index contributed by atoms with van der Waals surface area (Å²) in [7, 11) is -0.608. The van der Waals surface area contributed by atoms with Gasteiger partial charge in [-0.2, -0.15) is 8.42 Å². The second-order valence-corrected chi connectivity index (χ2v) is 9.94. The van der Waals surface area contributed by atoms with E-state index in [2.05, 4.69) is 9.71 Å². The summed E-state index contributed by atoms with van der Waals surface area (Å²) in [4.78, 5) is 14.9. The predicted octanol–water partition coefficient (Wildman–Crippen LogP) is 3.21. The quantitative estimate of drug-likeness (QED) is 0.678. The van der Waals surface area contributed by atoms with Crippen molar-refractivity contribution in [3.63, 3.8) is 0 Å². The third-order valence-electron chi connectivity index (χ3n) is 6.26. The van der Waals surface area contributed by atoms with Crippen LogP contribution in [-0.2, 0) is 21.4 Å². The number of benzene rings is 2. The predicted molar refractivity (Wildman–Crippen MR) is 131 cm³/mol. The third kappa shape index (κ3) is 4.94. The Morgan fingerprint density at radius 2 is 1.74 bits per heavy atom. The van der Waals surface area contributed by atoms with Crippen molar-refractivity contribution in [2.45, 2.75) is 26.3 Å². The minimum Gasteiger partial charge on any atom is -0.497 e. The molecule has 0 bridgehead atoms. The molecule has 0 atom stereocenters. The van der Waals surface area contributed by atoms with Crippen LogP contribution in [0.15, 0.2) is 58.5 Å². The van der Waals surface area contributed by atoms with Crippen molar-refractivity contribution in [3.05, 3.63) is 65.2 Å². The number of amides is 1. The molecule has 0 radical (unpaired) electrons. The van der Waals surface area contributed by atoms with Crippen LogP contribution in [0.2, 0.25) is 0 Å². The number of nitrogens with zero attached hydrogens (tertiary/aromatic N) is 2. The average Bonchev–Trinajstić information content (AvgIpc) is 3.11. The van der Waals surface area contributed by atoms with E-state index in [9.17, 15) is 13.2 Å². The first-order chi connectivity index (χ1) is 16.3. The van der Waals surface area contributed by atoms with Crippen molar-refractivity contribution in [1.82, 2.24) is 10.2 Å². The van der Waals surface area contributed by atoms with E-state index in [1.165, 1.54) is 0 Å². The van der Waals surface area contributed by atoms with Crippen LogP contribution < -0.4 is 14.8 Å². The van der Waals surface area contributed by atoms with Gasteiger partial charge in [0.15, 0.2) is 0 Å². The molecular weight excluding hydrogens is 454 g/mol. The number of carbonyl (C=O) groups excluding carboxylic acids is 1. The molecule has 0 aromatic heterocycles. The maximum atomic E-state index is 12.8. The molecule has 1 saturated heterocycles. The Labute approximate surface area is 200 Å². The maximum absolute atomic E-state index is 12.8. The standard InChI is InChI=1S/C25H29N3O5S/c1-17-23(19-7-9-21(32-2)10-8-19)34(30,31)27-24(17)28-13-11-20(12-14-28)25(29)26-16-18-5-4-6-22(15-18)33-3/h4-10,15,20H,11-14,16H2,1-3H3,(H,26,29). The van der Waals surface area contributed by atoms with Crippen LogP contribution in [-0.4, -0.2) is 52.4 Å². The molecule has 2 aromatic rings. The summed E-state index contributed by atoms with van der Waals surface area (Å²) < 4.78 is 40.2. The lowest BCUT2D eigenvalue weighted by molar-refractivity contribution is -0.126. The van der Waals surface area contributed by atoms with Gasteiger partial charge in [-0.3, -0.25) is 4.79 Å². The molecular formula is C25H29N3O5S. The largest absolute Gasteiger partial charge is 0.497 e. The van der Waals surface area contributed by atoms with Crippen molar-refractivity contribution < 1.29 is 22.7 Å². The number of nitrogens with one attached hydrogen (secondary N) is 1. The summed E-state index contributed by atoms with van der Waals surface area (Å²) in [6.07, 6.45) is 1.27. The molecule has 180 valence electrons. The number of sulfonamides is 1. The molecule has 2 aliphatic rings. The lowest BCUT2D eigenvalue weighted by Crippen LogP contribution is -2.43. The number of hydrogen-bond acceptors (Lipinski definition) is 6. The molecule has 0 aliphatic carbocycles. The van der Waals surface area contributed by atoms with E-state index >= 15 is 0 Å². The highest BCUT2D eigenvalue weighted by Gasteiger charge is 2.35. The topological polar surface area (TPSA) is 97.3 Å². The zero-order valence-electron chi connectivity index (χ0n) is 19.6. The number of methoxy groups -OCH3 is 2. The summed E-state index contributed by atoms with van der Waals surface area (Å²) in [6, 6.07) is 14.5. The fraction of sp³-hybridized carbons (Fsp3) is 0.360. The molecule has 9 heteroatoms. The first kappa shape index (κ1) is 23.8. The van der Waals surface area contributed by atoms with Gasteiger partial charge in [-0.05, 0) is 67.3 Å². The van der Waals surface area contributed by atoms with Crippen LogP contribution >= 0.6 is 0 Å². The molecule has 34 heavy (non-hydrogen) atoms. The Bertz CT molecular complexity index is 1230. The van der Waals surface area contributed by atoms with Crippen molar-refractivity contribution in [3.8, 4) is 11.5 Å². The SMILES string of the molecule is COc1ccc(C2=C(C)C(N3CCC(C(=O)NCc4cccc(OC)c4)CC3)=NS2(=O)=O)cc1. The Balaban J connectivity index is 1.39. The summed E-state index contributed by atoms with van der Waals surface area (Å²) in [5.74, 6) is 1.77. The number of rotatable bonds is 6. The van der Waals surface area contributed by atoms with Crippen LogP contribution in [0.5, 0.6) is 11.5 Å². The molecule has 2 aliphatic heterocycles. The molecule has 0 spiro atoms. The lowest BCUT2D eigenvalue weighted by Gasteiger charge is -2.32. The molecule has 0 unspecified atom stereocenters. The third-order valence-corrected chi connectivity index (χ3v) is 7.73. The second-order valence-electron chi connectivity index (χ2n) is 8.40. The van der Waals surface area contributed by atoms with Gasteiger partial charge >= 0.3 is 0 Å². The van der Waals surface area contributed by atoms with Crippen molar-refractivity contribution in [2.75, 3.05) is 27.3 Å².